The van der Waals surface area contributed by atoms with Gasteiger partial charge in [0.05, 0.1) is 22.9 Å². The number of carbonyl (C=O) groups excluding carboxylic acids is 3. The molecule has 1 fully saturated rings. The average Bonchev–Trinajstić information content (AvgIpc) is 3.74. The Balaban J connectivity index is 1.34. The number of carboxylic acids is 1. The normalized spacial score (nSPS) is 20.9. The van der Waals surface area contributed by atoms with Crippen molar-refractivity contribution in [2.75, 3.05) is 31.7 Å². The van der Waals surface area contributed by atoms with Gasteiger partial charge in [-0.05, 0) is 30.2 Å². The zero-order valence-corrected chi connectivity index (χ0v) is 25.4. The third-order valence-electron chi connectivity index (χ3n) is 7.43. The van der Waals surface area contributed by atoms with Crippen LogP contribution in [-0.4, -0.2) is 81.5 Å². The largest absolute Gasteiger partial charge is 0.543 e. The Hall–Kier alpha value is -4.28. The highest BCUT2D eigenvalue weighted by Crippen LogP contribution is 2.48. The van der Waals surface area contributed by atoms with Crippen LogP contribution in [0.25, 0.3) is 10.2 Å². The number of amidine groups is 1. The number of amides is 2. The van der Waals surface area contributed by atoms with Crippen LogP contribution in [0.1, 0.15) is 23.4 Å². The van der Waals surface area contributed by atoms with Gasteiger partial charge in [0.25, 0.3) is 16.6 Å². The smallest absolute Gasteiger partial charge is 0.276 e. The molecule has 2 amide bonds. The van der Waals surface area contributed by atoms with E-state index in [1.807, 2.05) is 35.4 Å². The van der Waals surface area contributed by atoms with Gasteiger partial charge in [0.2, 0.25) is 0 Å². The molecule has 0 radical (unpaired) electrons. The lowest BCUT2D eigenvalue weighted by molar-refractivity contribution is -0.341. The van der Waals surface area contributed by atoms with Crippen molar-refractivity contribution in [2.45, 2.75) is 24.3 Å². The van der Waals surface area contributed by atoms with E-state index in [4.69, 9.17) is 16.0 Å². The lowest BCUT2D eigenvalue weighted by Crippen LogP contribution is -2.71. The fraction of sp³-hybridized carbons (Fsp3) is 0.296. The number of oxime groups is 1. The molecule has 43 heavy (non-hydrogen) atoms. The molecule has 3 aromatic rings. The summed E-state index contributed by atoms with van der Waals surface area (Å²) in [4.78, 5) is 56.4. The maximum absolute atomic E-state index is 13.5. The van der Waals surface area contributed by atoms with E-state index in [-0.39, 0.29) is 28.0 Å². The van der Waals surface area contributed by atoms with Gasteiger partial charge in [-0.25, -0.2) is 9.97 Å². The summed E-state index contributed by atoms with van der Waals surface area (Å²) in [6.07, 6.45) is 3.86. The summed E-state index contributed by atoms with van der Waals surface area (Å²) in [5.41, 5.74) is 7.06. The van der Waals surface area contributed by atoms with Crippen molar-refractivity contribution in [3.63, 3.8) is 0 Å². The van der Waals surface area contributed by atoms with Crippen LogP contribution in [0.4, 0.5) is 5.13 Å². The number of fused-ring (bicyclic) bond motifs is 2. The predicted molar refractivity (Wildman–Crippen MR) is 161 cm³/mol. The Bertz CT molecular complexity index is 1730. The summed E-state index contributed by atoms with van der Waals surface area (Å²) in [7, 11) is 1.28. The fourth-order valence-electron chi connectivity index (χ4n) is 5.45. The number of rotatable bonds is 8. The molecule has 6 heterocycles. The SMILES string of the molecule is CO/N=C(\C(=O)NC1C(=O)N2C(C(=O)[O-])=C(C(C3=CCN(C(C)=N)C3)c3cc4ccc[nH+]c4s3)CS[C@H]12)c1csc(N)n1. The predicted octanol–water partition coefficient (Wildman–Crippen LogP) is 0.531. The molecule has 0 bridgehead atoms. The van der Waals surface area contributed by atoms with E-state index >= 15 is 0 Å². The van der Waals surface area contributed by atoms with E-state index in [0.29, 0.717) is 24.5 Å². The summed E-state index contributed by atoms with van der Waals surface area (Å²) in [6, 6.07) is 4.91. The summed E-state index contributed by atoms with van der Waals surface area (Å²) in [5.74, 6) is -2.47. The van der Waals surface area contributed by atoms with E-state index in [2.05, 4.69) is 20.4 Å². The van der Waals surface area contributed by atoms with E-state index in [1.165, 1.54) is 35.1 Å². The number of hydrogen-bond donors (Lipinski definition) is 3. The molecule has 222 valence electrons. The number of hydrogen-bond acceptors (Lipinski definition) is 12. The monoisotopic (exact) mass is 638 g/mol. The first-order valence-electron chi connectivity index (χ1n) is 13.1. The number of thioether (sulfide) groups is 1. The summed E-state index contributed by atoms with van der Waals surface area (Å²) in [6.45, 7) is 2.71. The number of thiophene rings is 1. The number of nitrogens with one attached hydrogen (secondary N) is 3. The maximum Gasteiger partial charge on any atom is 0.276 e. The van der Waals surface area contributed by atoms with Crippen LogP contribution in [0.5, 0.6) is 0 Å². The summed E-state index contributed by atoms with van der Waals surface area (Å²) < 4.78 is 0. The minimum Gasteiger partial charge on any atom is -0.543 e. The molecule has 13 nitrogen and oxygen atoms in total. The van der Waals surface area contributed by atoms with Crippen LogP contribution in [0.15, 0.2) is 57.9 Å². The number of nitrogen functional groups attached to an aromatic ring is 1. The molecule has 0 spiro atoms. The number of H-pyrrole nitrogens is 1. The maximum atomic E-state index is 13.5. The summed E-state index contributed by atoms with van der Waals surface area (Å²) in [5, 5.41) is 29.4. The number of aliphatic carboxylic acids is 1. The molecule has 3 aromatic heterocycles. The quantitative estimate of drug-likeness (QED) is 0.104. The second-order valence-electron chi connectivity index (χ2n) is 10.00. The first-order valence-corrected chi connectivity index (χ1v) is 15.8. The number of thiazole rings is 1. The zero-order valence-electron chi connectivity index (χ0n) is 22.9. The van der Waals surface area contributed by atoms with Gasteiger partial charge in [0.1, 0.15) is 24.2 Å². The van der Waals surface area contributed by atoms with Crippen LogP contribution >= 0.6 is 34.4 Å². The molecule has 0 aliphatic carbocycles. The van der Waals surface area contributed by atoms with Crippen LogP contribution in [0.2, 0.25) is 0 Å². The van der Waals surface area contributed by atoms with Gasteiger partial charge in [-0.15, -0.1) is 23.1 Å². The second kappa shape index (κ2) is 11.4. The third-order valence-corrected chi connectivity index (χ3v) is 10.6. The number of pyridine rings is 1. The number of aromatic amines is 1. The fourth-order valence-corrected chi connectivity index (χ4v) is 8.60. The van der Waals surface area contributed by atoms with Gasteiger partial charge in [-0.3, -0.25) is 19.9 Å². The molecule has 16 heteroatoms. The van der Waals surface area contributed by atoms with Crippen molar-refractivity contribution in [1.82, 2.24) is 20.1 Å². The van der Waals surface area contributed by atoms with Gasteiger partial charge in [0.15, 0.2) is 17.0 Å². The molecular formula is C27H26N8O5S3. The van der Waals surface area contributed by atoms with Crippen molar-refractivity contribution in [1.29, 1.82) is 5.41 Å². The van der Waals surface area contributed by atoms with Gasteiger partial charge in [0, 0.05) is 41.1 Å². The highest BCUT2D eigenvalue weighted by atomic mass is 32.2. The van der Waals surface area contributed by atoms with Crippen molar-refractivity contribution >= 4 is 79.1 Å². The Kier molecular flexibility index (Phi) is 7.66. The van der Waals surface area contributed by atoms with E-state index in [0.717, 1.165) is 32.0 Å². The standard InChI is InChI=1S/C27H26N8O5S3/c1-12(28)34-7-5-14(9-34)18(17-8-13-4-3-6-30-23(13)43-17)15-10-41-25-20(24(37)35(25)21(15)26(38)39)32-22(36)19(33-40-2)16-11-42-27(29)31-16/h3-6,8,11,18,20,25,28H,7,9-10H2,1-2H3,(H2,29,31)(H,32,36)(H,38,39)/b28-12?,33-19-/t18?,20?,25-/m1/s1. The van der Waals surface area contributed by atoms with Crippen LogP contribution in [0, 0.1) is 5.41 Å². The molecule has 6 rings (SSSR count). The molecule has 2 unspecified atom stereocenters. The molecule has 0 aromatic carbocycles. The minimum absolute atomic E-state index is 0.153. The highest BCUT2D eigenvalue weighted by Gasteiger charge is 2.54. The zero-order chi connectivity index (χ0) is 30.4. The molecule has 3 aliphatic heterocycles. The van der Waals surface area contributed by atoms with Gasteiger partial charge in [-0.2, -0.15) is 0 Å². The first kappa shape index (κ1) is 28.8. The number of nitrogens with two attached hydrogens (primary N) is 1. The van der Waals surface area contributed by atoms with Gasteiger partial charge < -0.3 is 30.7 Å². The number of anilines is 1. The number of β-lactam (4-membered cyclic amide) rings is 1. The summed E-state index contributed by atoms with van der Waals surface area (Å²) >= 11 is 4.01. The topological polar surface area (TPSA) is 191 Å². The molecule has 1 saturated heterocycles. The van der Waals surface area contributed by atoms with E-state index in [9.17, 15) is 19.5 Å². The third kappa shape index (κ3) is 5.14. The Labute approximate surface area is 257 Å². The van der Waals surface area contributed by atoms with Gasteiger partial charge in [-0.1, -0.05) is 22.6 Å². The number of nitrogens with zero attached hydrogens (tertiary/aromatic N) is 4. The van der Waals surface area contributed by atoms with E-state index < -0.39 is 35.1 Å². The van der Waals surface area contributed by atoms with Crippen molar-refractivity contribution in [2.24, 2.45) is 5.16 Å². The van der Waals surface area contributed by atoms with Crippen LogP contribution in [0.3, 0.4) is 0 Å². The Morgan fingerprint density at radius 3 is 2.86 bits per heavy atom. The van der Waals surface area contributed by atoms with Crippen LogP contribution in [-0.2, 0) is 19.2 Å². The second-order valence-corrected chi connectivity index (χ2v) is 13.1. The number of aromatic nitrogens is 2. The molecule has 0 saturated carbocycles. The molecule has 3 aliphatic rings. The van der Waals surface area contributed by atoms with Gasteiger partial charge >= 0.3 is 0 Å². The Morgan fingerprint density at radius 1 is 1.40 bits per heavy atom. The minimum atomic E-state index is -1.46. The van der Waals surface area contributed by atoms with Crippen molar-refractivity contribution in [3.05, 3.63) is 63.3 Å². The molecule has 5 N–H and O–H groups in total. The number of carbonyl (C=O) groups is 3. The lowest BCUT2D eigenvalue weighted by Gasteiger charge is -2.51. The number of carboxylic acid groups (broad SMARTS) is 1. The highest BCUT2D eigenvalue weighted by molar-refractivity contribution is 8.00. The molecule has 3 atom stereocenters. The van der Waals surface area contributed by atoms with Crippen LogP contribution < -0.4 is 21.1 Å². The lowest BCUT2D eigenvalue weighted by atomic mass is 9.87. The average molecular weight is 639 g/mol. The van der Waals surface area contributed by atoms with Crippen molar-refractivity contribution in [3.8, 4) is 0 Å². The Morgan fingerprint density at radius 2 is 2.21 bits per heavy atom. The van der Waals surface area contributed by atoms with Crippen molar-refractivity contribution < 1.29 is 29.3 Å². The first-order chi connectivity index (χ1) is 20.7. The molecular weight excluding hydrogens is 613 g/mol. The van der Waals surface area contributed by atoms with E-state index in [1.54, 1.807) is 12.3 Å².